The highest BCUT2D eigenvalue weighted by Gasteiger charge is 2.31. The van der Waals surface area contributed by atoms with E-state index in [0.717, 1.165) is 17.0 Å². The highest BCUT2D eigenvalue weighted by molar-refractivity contribution is 5.96. The van der Waals surface area contributed by atoms with Crippen LogP contribution in [0.5, 0.6) is 0 Å². The largest absolute Gasteiger partial charge is 0.481 e. The third-order valence-corrected chi connectivity index (χ3v) is 6.12. The number of benzene rings is 2. The third-order valence-electron chi connectivity index (χ3n) is 6.12. The first-order chi connectivity index (χ1) is 16.9. The Morgan fingerprint density at radius 1 is 1.17 bits per heavy atom. The molecule has 2 heterocycles. The number of carbonyl (C=O) groups excluding carboxylic acids is 2. The van der Waals surface area contributed by atoms with Crippen LogP contribution in [0.15, 0.2) is 60.9 Å². The standard InChI is InChI=1S/C26H29N5O4/c1-30-14-12-27-23(30)9-11-28-25(34)19-7-8-20-17-31(13-10-18-5-3-2-4-6-18)26(35)22(16-24(32)33)29-21(20)15-19/h2-8,12,14-15,22,29H,9-11,13,16-17H2,1H3,(H,28,34)(H,32,33)/t22-/m1/s1. The Bertz CT molecular complexity index is 1210. The van der Waals surface area contributed by atoms with E-state index in [2.05, 4.69) is 15.6 Å². The number of anilines is 1. The van der Waals surface area contributed by atoms with Crippen molar-refractivity contribution in [3.05, 3.63) is 83.4 Å². The Morgan fingerprint density at radius 2 is 1.97 bits per heavy atom. The number of hydrogen-bond donors (Lipinski definition) is 3. The lowest BCUT2D eigenvalue weighted by Crippen LogP contribution is -2.42. The second-order valence-electron chi connectivity index (χ2n) is 8.62. The van der Waals surface area contributed by atoms with Crippen molar-refractivity contribution >= 4 is 23.5 Å². The van der Waals surface area contributed by atoms with Crippen LogP contribution in [-0.2, 0) is 36.0 Å². The van der Waals surface area contributed by atoms with Crippen LogP contribution in [0.3, 0.4) is 0 Å². The maximum Gasteiger partial charge on any atom is 0.305 e. The number of hydrogen-bond acceptors (Lipinski definition) is 5. The molecule has 9 heteroatoms. The number of aromatic nitrogens is 2. The Hall–Kier alpha value is -4.14. The van der Waals surface area contributed by atoms with Gasteiger partial charge in [-0.15, -0.1) is 0 Å². The SMILES string of the molecule is Cn1ccnc1CCNC(=O)c1ccc2c(c1)N[C@H](CC(=O)O)C(=O)N(CCc1ccccc1)C2. The van der Waals surface area contributed by atoms with Gasteiger partial charge in [0.1, 0.15) is 11.9 Å². The molecule has 35 heavy (non-hydrogen) atoms. The highest BCUT2D eigenvalue weighted by atomic mass is 16.4. The molecule has 0 saturated carbocycles. The molecule has 0 radical (unpaired) electrons. The number of aryl methyl sites for hydroxylation is 1. The fourth-order valence-electron chi connectivity index (χ4n) is 4.18. The third kappa shape index (κ3) is 6.06. The zero-order valence-corrected chi connectivity index (χ0v) is 19.6. The average Bonchev–Trinajstić information content (AvgIpc) is 3.20. The zero-order chi connectivity index (χ0) is 24.8. The summed E-state index contributed by atoms with van der Waals surface area (Å²) >= 11 is 0. The predicted octanol–water partition coefficient (Wildman–Crippen LogP) is 2.23. The van der Waals surface area contributed by atoms with E-state index in [9.17, 15) is 19.5 Å². The minimum Gasteiger partial charge on any atom is -0.481 e. The second kappa shape index (κ2) is 10.9. The van der Waals surface area contributed by atoms with E-state index in [1.165, 1.54) is 0 Å². The molecule has 1 aliphatic heterocycles. The molecule has 0 unspecified atom stereocenters. The fraction of sp³-hybridized carbons (Fsp3) is 0.308. The molecule has 182 valence electrons. The molecule has 1 aromatic heterocycles. The first-order valence-electron chi connectivity index (χ1n) is 11.6. The van der Waals surface area contributed by atoms with Gasteiger partial charge in [-0.3, -0.25) is 14.4 Å². The molecule has 1 atom stereocenters. The second-order valence-corrected chi connectivity index (χ2v) is 8.62. The molecular weight excluding hydrogens is 446 g/mol. The van der Waals surface area contributed by atoms with Crippen molar-refractivity contribution in [3.8, 4) is 0 Å². The van der Waals surface area contributed by atoms with Gasteiger partial charge in [-0.05, 0) is 29.7 Å². The quantitative estimate of drug-likeness (QED) is 0.437. The highest BCUT2D eigenvalue weighted by Crippen LogP contribution is 2.26. The van der Waals surface area contributed by atoms with E-state index in [-0.39, 0.29) is 18.2 Å². The number of carbonyl (C=O) groups is 3. The Balaban J connectivity index is 1.48. The van der Waals surface area contributed by atoms with Gasteiger partial charge in [0, 0.05) is 56.7 Å². The number of aliphatic carboxylic acids is 1. The number of rotatable bonds is 9. The van der Waals surface area contributed by atoms with Crippen molar-refractivity contribution in [3.63, 3.8) is 0 Å². The number of carboxylic acid groups (broad SMARTS) is 1. The summed E-state index contributed by atoms with van der Waals surface area (Å²) in [7, 11) is 1.90. The maximum absolute atomic E-state index is 13.2. The van der Waals surface area contributed by atoms with Crippen LogP contribution in [0.1, 0.15) is 33.7 Å². The predicted molar refractivity (Wildman–Crippen MR) is 131 cm³/mol. The van der Waals surface area contributed by atoms with Crippen molar-refractivity contribution < 1.29 is 19.5 Å². The van der Waals surface area contributed by atoms with E-state index >= 15 is 0 Å². The molecule has 0 spiro atoms. The normalized spacial score (nSPS) is 15.2. The van der Waals surface area contributed by atoms with Crippen molar-refractivity contribution in [1.29, 1.82) is 0 Å². The molecule has 9 nitrogen and oxygen atoms in total. The molecule has 4 rings (SSSR count). The van der Waals surface area contributed by atoms with E-state index in [4.69, 9.17) is 0 Å². The Labute approximate surface area is 203 Å². The van der Waals surface area contributed by atoms with E-state index in [0.29, 0.717) is 43.7 Å². The van der Waals surface area contributed by atoms with Gasteiger partial charge in [-0.1, -0.05) is 36.4 Å². The van der Waals surface area contributed by atoms with Gasteiger partial charge in [0.25, 0.3) is 5.91 Å². The summed E-state index contributed by atoms with van der Waals surface area (Å²) < 4.78 is 1.90. The maximum atomic E-state index is 13.2. The van der Waals surface area contributed by atoms with Crippen LogP contribution in [0, 0.1) is 0 Å². The number of imidazole rings is 1. The van der Waals surface area contributed by atoms with Crippen molar-refractivity contribution in [2.45, 2.75) is 31.8 Å². The number of nitrogens with one attached hydrogen (secondary N) is 2. The average molecular weight is 476 g/mol. The topological polar surface area (TPSA) is 117 Å². The molecule has 2 amide bonds. The van der Waals surface area contributed by atoms with Gasteiger partial charge in [0.05, 0.1) is 6.42 Å². The molecule has 0 aliphatic carbocycles. The van der Waals surface area contributed by atoms with Crippen LogP contribution in [0.4, 0.5) is 5.69 Å². The lowest BCUT2D eigenvalue weighted by Gasteiger charge is -2.24. The summed E-state index contributed by atoms with van der Waals surface area (Å²) in [5.41, 5.74) is 2.98. The zero-order valence-electron chi connectivity index (χ0n) is 19.6. The van der Waals surface area contributed by atoms with E-state index in [1.54, 1.807) is 23.2 Å². The van der Waals surface area contributed by atoms with Gasteiger partial charge in [0.2, 0.25) is 5.91 Å². The molecule has 1 aliphatic rings. The fourth-order valence-corrected chi connectivity index (χ4v) is 4.18. The Kier molecular flexibility index (Phi) is 7.45. The number of nitrogens with zero attached hydrogens (tertiary/aromatic N) is 3. The number of amides is 2. The summed E-state index contributed by atoms with van der Waals surface area (Å²) in [6.07, 6.45) is 4.49. The van der Waals surface area contributed by atoms with Crippen LogP contribution in [0.25, 0.3) is 0 Å². The van der Waals surface area contributed by atoms with E-state index < -0.39 is 12.0 Å². The van der Waals surface area contributed by atoms with Gasteiger partial charge < -0.3 is 25.2 Å². The summed E-state index contributed by atoms with van der Waals surface area (Å²) in [6, 6.07) is 14.2. The summed E-state index contributed by atoms with van der Waals surface area (Å²) in [4.78, 5) is 43.3. The van der Waals surface area contributed by atoms with Crippen LogP contribution in [0.2, 0.25) is 0 Å². The van der Waals surface area contributed by atoms with Crippen LogP contribution in [-0.4, -0.2) is 56.5 Å². The van der Waals surface area contributed by atoms with Crippen molar-refractivity contribution in [2.75, 3.05) is 18.4 Å². The molecular formula is C26H29N5O4. The lowest BCUT2D eigenvalue weighted by atomic mass is 10.1. The summed E-state index contributed by atoms with van der Waals surface area (Å²) in [5, 5.41) is 15.4. The monoisotopic (exact) mass is 475 g/mol. The van der Waals surface area contributed by atoms with Gasteiger partial charge in [-0.2, -0.15) is 0 Å². The minimum absolute atomic E-state index is 0.241. The smallest absolute Gasteiger partial charge is 0.305 e. The summed E-state index contributed by atoms with van der Waals surface area (Å²) in [6.45, 7) is 1.24. The van der Waals surface area contributed by atoms with E-state index in [1.807, 2.05) is 54.2 Å². The van der Waals surface area contributed by atoms with Gasteiger partial charge in [-0.25, -0.2) is 4.98 Å². The minimum atomic E-state index is -1.06. The molecule has 0 fully saturated rings. The number of carboxylic acids is 1. The van der Waals surface area contributed by atoms with Gasteiger partial charge >= 0.3 is 5.97 Å². The molecule has 3 N–H and O–H groups in total. The first kappa shape index (κ1) is 24.0. The number of fused-ring (bicyclic) bond motifs is 1. The Morgan fingerprint density at radius 3 is 2.69 bits per heavy atom. The van der Waals surface area contributed by atoms with Crippen LogP contribution >= 0.6 is 0 Å². The summed E-state index contributed by atoms with van der Waals surface area (Å²) in [5.74, 6) is -0.694. The van der Waals surface area contributed by atoms with Crippen molar-refractivity contribution in [2.24, 2.45) is 7.05 Å². The molecule has 2 aromatic carbocycles. The first-order valence-corrected chi connectivity index (χ1v) is 11.6. The van der Waals surface area contributed by atoms with Gasteiger partial charge in [0.15, 0.2) is 0 Å². The molecule has 0 saturated heterocycles. The lowest BCUT2D eigenvalue weighted by molar-refractivity contribution is -0.141. The molecule has 3 aromatic rings. The molecule has 0 bridgehead atoms. The van der Waals surface area contributed by atoms with Crippen molar-refractivity contribution in [1.82, 2.24) is 19.8 Å². The van der Waals surface area contributed by atoms with Crippen LogP contribution < -0.4 is 10.6 Å².